The predicted octanol–water partition coefficient (Wildman–Crippen LogP) is 1.41. The molecule has 1 aromatic carbocycles. The van der Waals surface area contributed by atoms with Crippen LogP contribution in [0.2, 0.25) is 5.02 Å². The van der Waals surface area contributed by atoms with Gasteiger partial charge in [-0.2, -0.15) is 0 Å². The molecule has 0 radical (unpaired) electrons. The first-order chi connectivity index (χ1) is 11.5. The predicted molar refractivity (Wildman–Crippen MR) is 87.3 cm³/mol. The molecular formula is C16H14ClN3O4. The van der Waals surface area contributed by atoms with Crippen LogP contribution in [0.4, 0.5) is 0 Å². The molecule has 0 saturated carbocycles. The van der Waals surface area contributed by atoms with Crippen molar-refractivity contribution < 1.29 is 18.8 Å². The number of carbonyl (C=O) groups is 3. The third-order valence-corrected chi connectivity index (χ3v) is 3.02. The first-order valence-electron chi connectivity index (χ1n) is 6.89. The van der Waals surface area contributed by atoms with E-state index in [1.165, 1.54) is 18.4 Å². The average molecular weight is 348 g/mol. The molecule has 2 aromatic rings. The van der Waals surface area contributed by atoms with Gasteiger partial charge in [0.2, 0.25) is 0 Å². The monoisotopic (exact) mass is 347 g/mol. The molecule has 0 fully saturated rings. The van der Waals surface area contributed by atoms with Crippen molar-refractivity contribution >= 4 is 35.4 Å². The van der Waals surface area contributed by atoms with Crippen LogP contribution in [0.25, 0.3) is 6.08 Å². The topological polar surface area (TPSA) is 100 Å². The maximum absolute atomic E-state index is 11.6. The van der Waals surface area contributed by atoms with E-state index in [-0.39, 0.29) is 6.54 Å². The van der Waals surface area contributed by atoms with Gasteiger partial charge < -0.3 is 9.73 Å². The SMILES string of the molecule is O=C(/C=C/c1cccc(Cl)c1)NNC(=O)C(=O)NCc1ccco1. The van der Waals surface area contributed by atoms with Crippen LogP contribution in [0.3, 0.4) is 0 Å². The molecular weight excluding hydrogens is 334 g/mol. The van der Waals surface area contributed by atoms with Gasteiger partial charge in [0, 0.05) is 11.1 Å². The highest BCUT2D eigenvalue weighted by Crippen LogP contribution is 2.11. The first-order valence-corrected chi connectivity index (χ1v) is 7.26. The molecule has 0 spiro atoms. The van der Waals surface area contributed by atoms with E-state index < -0.39 is 17.7 Å². The number of amides is 3. The van der Waals surface area contributed by atoms with Gasteiger partial charge >= 0.3 is 11.8 Å². The summed E-state index contributed by atoms with van der Waals surface area (Å²) in [5.41, 5.74) is 4.82. The summed E-state index contributed by atoms with van der Waals surface area (Å²) in [6, 6.07) is 10.2. The van der Waals surface area contributed by atoms with Gasteiger partial charge in [0.05, 0.1) is 12.8 Å². The third-order valence-electron chi connectivity index (χ3n) is 2.78. The molecule has 3 amide bonds. The van der Waals surface area contributed by atoms with Crippen LogP contribution >= 0.6 is 11.6 Å². The molecule has 0 aliphatic heterocycles. The van der Waals surface area contributed by atoms with Crippen molar-refractivity contribution in [3.05, 3.63) is 65.1 Å². The lowest BCUT2D eigenvalue weighted by molar-refractivity contribution is -0.140. The maximum Gasteiger partial charge on any atom is 0.327 e. The normalized spacial score (nSPS) is 10.4. The summed E-state index contributed by atoms with van der Waals surface area (Å²) in [6.07, 6.45) is 4.17. The van der Waals surface area contributed by atoms with Crippen molar-refractivity contribution in [1.82, 2.24) is 16.2 Å². The fraction of sp³-hybridized carbons (Fsp3) is 0.0625. The standard InChI is InChI=1S/C16H14ClN3O4/c17-12-4-1-3-11(9-12)6-7-14(21)19-20-16(23)15(22)18-10-13-5-2-8-24-13/h1-9H,10H2,(H,18,22)(H,19,21)(H,20,23)/b7-6+. The summed E-state index contributed by atoms with van der Waals surface area (Å²) in [4.78, 5) is 34.6. The highest BCUT2D eigenvalue weighted by molar-refractivity contribution is 6.35. The fourth-order valence-electron chi connectivity index (χ4n) is 1.66. The van der Waals surface area contributed by atoms with Crippen molar-refractivity contribution in [2.45, 2.75) is 6.54 Å². The number of hydrogen-bond acceptors (Lipinski definition) is 4. The Morgan fingerprint density at radius 1 is 1.08 bits per heavy atom. The minimum Gasteiger partial charge on any atom is -0.467 e. The second-order valence-corrected chi connectivity index (χ2v) is 5.03. The van der Waals surface area contributed by atoms with E-state index in [1.807, 2.05) is 5.43 Å². The van der Waals surface area contributed by atoms with Gasteiger partial charge in [-0.05, 0) is 35.9 Å². The van der Waals surface area contributed by atoms with E-state index in [4.69, 9.17) is 16.0 Å². The highest BCUT2D eigenvalue weighted by Gasteiger charge is 2.13. The number of hydrazine groups is 1. The largest absolute Gasteiger partial charge is 0.467 e. The van der Waals surface area contributed by atoms with Gasteiger partial charge in [0.1, 0.15) is 5.76 Å². The molecule has 7 nitrogen and oxygen atoms in total. The van der Waals surface area contributed by atoms with Crippen molar-refractivity contribution in [3.8, 4) is 0 Å². The third kappa shape index (κ3) is 5.62. The van der Waals surface area contributed by atoms with Crippen LogP contribution in [-0.2, 0) is 20.9 Å². The summed E-state index contributed by atoms with van der Waals surface area (Å²) in [5.74, 6) is -1.98. The first kappa shape index (κ1) is 17.3. The Hall–Kier alpha value is -3.06. The minimum absolute atomic E-state index is 0.0713. The second-order valence-electron chi connectivity index (χ2n) is 4.59. The van der Waals surface area contributed by atoms with Gasteiger partial charge in [0.25, 0.3) is 5.91 Å². The Bertz CT molecular complexity index is 756. The minimum atomic E-state index is -0.994. The number of benzene rings is 1. The van der Waals surface area contributed by atoms with Gasteiger partial charge in [-0.1, -0.05) is 23.7 Å². The molecule has 0 aliphatic rings. The number of carbonyl (C=O) groups excluding carboxylic acids is 3. The van der Waals surface area contributed by atoms with Gasteiger partial charge in [0.15, 0.2) is 0 Å². The number of nitrogens with one attached hydrogen (secondary N) is 3. The Balaban J connectivity index is 1.74. The van der Waals surface area contributed by atoms with E-state index in [2.05, 4.69) is 10.7 Å². The van der Waals surface area contributed by atoms with E-state index in [9.17, 15) is 14.4 Å². The number of furan rings is 1. The van der Waals surface area contributed by atoms with Gasteiger partial charge in [-0.15, -0.1) is 0 Å². The smallest absolute Gasteiger partial charge is 0.327 e. The van der Waals surface area contributed by atoms with Crippen LogP contribution < -0.4 is 16.2 Å². The Kier molecular flexibility index (Phi) is 6.16. The Morgan fingerprint density at radius 3 is 2.62 bits per heavy atom. The molecule has 0 aliphatic carbocycles. The van der Waals surface area contributed by atoms with Crippen molar-refractivity contribution in [3.63, 3.8) is 0 Å². The summed E-state index contributed by atoms with van der Waals surface area (Å²) < 4.78 is 5.01. The van der Waals surface area contributed by atoms with Crippen molar-refractivity contribution in [2.75, 3.05) is 0 Å². The molecule has 0 atom stereocenters. The van der Waals surface area contributed by atoms with E-state index in [0.717, 1.165) is 5.56 Å². The molecule has 2 rings (SSSR count). The summed E-state index contributed by atoms with van der Waals surface area (Å²) in [5, 5.41) is 2.88. The fourth-order valence-corrected chi connectivity index (χ4v) is 1.86. The lowest BCUT2D eigenvalue weighted by Gasteiger charge is -2.05. The molecule has 124 valence electrons. The van der Waals surface area contributed by atoms with Crippen LogP contribution in [0.15, 0.2) is 53.2 Å². The van der Waals surface area contributed by atoms with Gasteiger partial charge in [-0.3, -0.25) is 25.2 Å². The number of halogens is 1. The lowest BCUT2D eigenvalue weighted by atomic mass is 10.2. The summed E-state index contributed by atoms with van der Waals surface area (Å²) >= 11 is 5.82. The average Bonchev–Trinajstić information content (AvgIpc) is 3.09. The summed E-state index contributed by atoms with van der Waals surface area (Å²) in [6.45, 7) is 0.0713. The Morgan fingerprint density at radius 2 is 1.92 bits per heavy atom. The zero-order valence-electron chi connectivity index (χ0n) is 12.4. The van der Waals surface area contributed by atoms with Gasteiger partial charge in [-0.25, -0.2) is 0 Å². The van der Waals surface area contributed by atoms with E-state index in [1.54, 1.807) is 36.4 Å². The van der Waals surface area contributed by atoms with Crippen LogP contribution in [0.5, 0.6) is 0 Å². The maximum atomic E-state index is 11.6. The highest BCUT2D eigenvalue weighted by atomic mass is 35.5. The molecule has 0 unspecified atom stereocenters. The molecule has 1 heterocycles. The Labute approximate surface area is 142 Å². The zero-order valence-corrected chi connectivity index (χ0v) is 13.2. The molecule has 1 aromatic heterocycles. The quantitative estimate of drug-likeness (QED) is 0.442. The molecule has 0 bridgehead atoms. The zero-order chi connectivity index (χ0) is 17.4. The van der Waals surface area contributed by atoms with E-state index >= 15 is 0 Å². The second kappa shape index (κ2) is 8.54. The molecule has 24 heavy (non-hydrogen) atoms. The van der Waals surface area contributed by atoms with E-state index in [0.29, 0.717) is 10.8 Å². The number of hydrogen-bond donors (Lipinski definition) is 3. The van der Waals surface area contributed by atoms with Crippen molar-refractivity contribution in [1.29, 1.82) is 0 Å². The van der Waals surface area contributed by atoms with Crippen LogP contribution in [-0.4, -0.2) is 17.7 Å². The van der Waals surface area contributed by atoms with Crippen molar-refractivity contribution in [2.24, 2.45) is 0 Å². The van der Waals surface area contributed by atoms with Crippen LogP contribution in [0, 0.1) is 0 Å². The lowest BCUT2D eigenvalue weighted by Crippen LogP contribution is -2.47. The molecule has 3 N–H and O–H groups in total. The molecule has 8 heteroatoms. The van der Waals surface area contributed by atoms with Crippen LogP contribution in [0.1, 0.15) is 11.3 Å². The summed E-state index contributed by atoms with van der Waals surface area (Å²) in [7, 11) is 0. The number of rotatable bonds is 4. The molecule has 0 saturated heterocycles.